The summed E-state index contributed by atoms with van der Waals surface area (Å²) in [5, 5.41) is 15.9. The quantitative estimate of drug-likeness (QED) is 0.744. The summed E-state index contributed by atoms with van der Waals surface area (Å²) in [4.78, 5) is 12.6. The lowest BCUT2D eigenvalue weighted by Gasteiger charge is -2.36. The Bertz CT molecular complexity index is 441. The average molecular weight is 290 g/mol. The van der Waals surface area contributed by atoms with Crippen LogP contribution in [0.15, 0.2) is 30.3 Å². The molecule has 0 aromatic heterocycles. The van der Waals surface area contributed by atoms with Gasteiger partial charge in [0.15, 0.2) is 0 Å². The fourth-order valence-corrected chi connectivity index (χ4v) is 3.02. The van der Waals surface area contributed by atoms with Gasteiger partial charge in [0.1, 0.15) is 0 Å². The lowest BCUT2D eigenvalue weighted by Crippen LogP contribution is -2.53. The van der Waals surface area contributed by atoms with Crippen LogP contribution in [-0.4, -0.2) is 36.8 Å². The van der Waals surface area contributed by atoms with Crippen molar-refractivity contribution in [3.05, 3.63) is 35.9 Å². The van der Waals surface area contributed by atoms with E-state index < -0.39 is 0 Å². The van der Waals surface area contributed by atoms with Gasteiger partial charge in [0, 0.05) is 6.54 Å². The summed E-state index contributed by atoms with van der Waals surface area (Å²) in [7, 11) is 0. The first-order valence-corrected chi connectivity index (χ1v) is 7.86. The van der Waals surface area contributed by atoms with Crippen LogP contribution in [0.5, 0.6) is 0 Å². The summed E-state index contributed by atoms with van der Waals surface area (Å²) in [5.41, 5.74) is 0.812. The van der Waals surface area contributed by atoms with Gasteiger partial charge in [0.2, 0.25) is 5.91 Å². The molecule has 1 aliphatic heterocycles. The molecule has 4 nitrogen and oxygen atoms in total. The van der Waals surface area contributed by atoms with Gasteiger partial charge >= 0.3 is 0 Å². The van der Waals surface area contributed by atoms with Gasteiger partial charge in [-0.1, -0.05) is 37.3 Å². The molecule has 116 valence electrons. The Labute approximate surface area is 126 Å². The van der Waals surface area contributed by atoms with E-state index in [2.05, 4.69) is 17.6 Å². The number of hydrogen-bond donors (Lipinski definition) is 3. The third kappa shape index (κ3) is 4.05. The molecule has 2 rings (SSSR count). The first kappa shape index (κ1) is 16.0. The Morgan fingerprint density at radius 3 is 2.76 bits per heavy atom. The van der Waals surface area contributed by atoms with Gasteiger partial charge in [0.05, 0.1) is 18.1 Å². The van der Waals surface area contributed by atoms with Gasteiger partial charge in [-0.25, -0.2) is 0 Å². The SMILES string of the molecule is CCC1(C(=O)N[C@@H](CO)Cc2ccccc2)CCCNC1. The van der Waals surface area contributed by atoms with Crippen molar-refractivity contribution in [2.75, 3.05) is 19.7 Å². The van der Waals surface area contributed by atoms with Gasteiger partial charge in [-0.05, 0) is 37.8 Å². The molecule has 3 N–H and O–H groups in total. The monoisotopic (exact) mass is 290 g/mol. The number of rotatable bonds is 6. The van der Waals surface area contributed by atoms with Gasteiger partial charge in [-0.3, -0.25) is 4.79 Å². The molecule has 1 unspecified atom stereocenters. The average Bonchev–Trinajstić information content (AvgIpc) is 2.55. The van der Waals surface area contributed by atoms with E-state index in [9.17, 15) is 9.90 Å². The molecule has 1 aromatic rings. The van der Waals surface area contributed by atoms with E-state index in [1.165, 1.54) is 0 Å². The lowest BCUT2D eigenvalue weighted by atomic mass is 9.77. The first-order chi connectivity index (χ1) is 10.2. The second kappa shape index (κ2) is 7.57. The van der Waals surface area contributed by atoms with Crippen LogP contribution in [0.25, 0.3) is 0 Å². The minimum atomic E-state index is -0.317. The highest BCUT2D eigenvalue weighted by Crippen LogP contribution is 2.30. The summed E-state index contributed by atoms with van der Waals surface area (Å²) in [5.74, 6) is 0.0761. The molecule has 1 heterocycles. The van der Waals surface area contributed by atoms with Crippen LogP contribution in [0, 0.1) is 5.41 Å². The third-order valence-electron chi connectivity index (χ3n) is 4.51. The van der Waals surface area contributed by atoms with Gasteiger partial charge in [-0.2, -0.15) is 0 Å². The van der Waals surface area contributed by atoms with Crippen molar-refractivity contribution in [1.29, 1.82) is 0 Å². The fraction of sp³-hybridized carbons (Fsp3) is 0.588. The Hall–Kier alpha value is -1.39. The molecule has 1 saturated heterocycles. The molecule has 2 atom stereocenters. The van der Waals surface area contributed by atoms with Crippen molar-refractivity contribution >= 4 is 5.91 Å². The molecule has 0 radical (unpaired) electrons. The normalized spacial score (nSPS) is 23.5. The predicted octanol–water partition coefficient (Wildman–Crippen LogP) is 1.49. The van der Waals surface area contributed by atoms with Crippen LogP contribution in [0.3, 0.4) is 0 Å². The number of amides is 1. The van der Waals surface area contributed by atoms with E-state index >= 15 is 0 Å². The molecule has 1 amide bonds. The molecule has 0 aliphatic carbocycles. The van der Waals surface area contributed by atoms with E-state index in [1.807, 2.05) is 30.3 Å². The van der Waals surface area contributed by atoms with Crippen LogP contribution in [-0.2, 0) is 11.2 Å². The van der Waals surface area contributed by atoms with E-state index in [-0.39, 0.29) is 24.0 Å². The van der Waals surface area contributed by atoms with E-state index in [4.69, 9.17) is 0 Å². The topological polar surface area (TPSA) is 61.4 Å². The van der Waals surface area contributed by atoms with Gasteiger partial charge in [0.25, 0.3) is 0 Å². The Morgan fingerprint density at radius 2 is 2.19 bits per heavy atom. The van der Waals surface area contributed by atoms with E-state index in [0.29, 0.717) is 6.42 Å². The Morgan fingerprint density at radius 1 is 1.43 bits per heavy atom. The zero-order valence-corrected chi connectivity index (χ0v) is 12.8. The molecule has 1 fully saturated rings. The second-order valence-corrected chi connectivity index (χ2v) is 5.96. The number of carbonyl (C=O) groups excluding carboxylic acids is 1. The number of benzene rings is 1. The molecule has 1 aromatic carbocycles. The van der Waals surface area contributed by atoms with Gasteiger partial charge < -0.3 is 15.7 Å². The smallest absolute Gasteiger partial charge is 0.227 e. The number of aliphatic hydroxyl groups excluding tert-OH is 1. The van der Waals surface area contributed by atoms with Crippen LogP contribution in [0.2, 0.25) is 0 Å². The molecule has 0 saturated carbocycles. The molecule has 0 spiro atoms. The Balaban J connectivity index is 1.98. The number of piperidine rings is 1. The summed E-state index contributed by atoms with van der Waals surface area (Å²) < 4.78 is 0. The van der Waals surface area contributed by atoms with Crippen LogP contribution >= 0.6 is 0 Å². The maximum atomic E-state index is 12.6. The molecular formula is C17H26N2O2. The minimum absolute atomic E-state index is 0.0339. The van der Waals surface area contributed by atoms with E-state index in [0.717, 1.165) is 37.9 Å². The van der Waals surface area contributed by atoms with Crippen molar-refractivity contribution in [2.24, 2.45) is 5.41 Å². The van der Waals surface area contributed by atoms with E-state index in [1.54, 1.807) is 0 Å². The molecular weight excluding hydrogens is 264 g/mol. The Kier molecular flexibility index (Phi) is 5.76. The largest absolute Gasteiger partial charge is 0.394 e. The highest BCUT2D eigenvalue weighted by molar-refractivity contribution is 5.83. The van der Waals surface area contributed by atoms with Crippen LogP contribution in [0.1, 0.15) is 31.7 Å². The maximum Gasteiger partial charge on any atom is 0.227 e. The summed E-state index contributed by atoms with van der Waals surface area (Å²) in [6.07, 6.45) is 3.45. The van der Waals surface area contributed by atoms with Crippen LogP contribution in [0.4, 0.5) is 0 Å². The second-order valence-electron chi connectivity index (χ2n) is 5.96. The molecule has 0 bridgehead atoms. The van der Waals surface area contributed by atoms with Crippen molar-refractivity contribution in [2.45, 2.75) is 38.6 Å². The number of carbonyl (C=O) groups is 1. The standard InChI is InChI=1S/C17H26N2O2/c1-2-17(9-6-10-18-13-17)16(21)19-15(12-20)11-14-7-4-3-5-8-14/h3-5,7-8,15,18,20H,2,6,9-13H2,1H3,(H,19,21)/t15-,17?/m1/s1. The molecule has 21 heavy (non-hydrogen) atoms. The summed E-state index contributed by atoms with van der Waals surface area (Å²) in [6.45, 7) is 3.76. The third-order valence-corrected chi connectivity index (χ3v) is 4.51. The highest BCUT2D eigenvalue weighted by atomic mass is 16.3. The zero-order chi connectivity index (χ0) is 15.1. The summed E-state index contributed by atoms with van der Waals surface area (Å²) in [6, 6.07) is 9.74. The van der Waals surface area contributed by atoms with Crippen molar-refractivity contribution in [3.63, 3.8) is 0 Å². The number of hydrogen-bond acceptors (Lipinski definition) is 3. The van der Waals surface area contributed by atoms with Crippen molar-refractivity contribution in [3.8, 4) is 0 Å². The lowest BCUT2D eigenvalue weighted by molar-refractivity contribution is -0.133. The zero-order valence-electron chi connectivity index (χ0n) is 12.8. The molecule has 4 heteroatoms. The van der Waals surface area contributed by atoms with Crippen LogP contribution < -0.4 is 10.6 Å². The molecule has 1 aliphatic rings. The fourth-order valence-electron chi connectivity index (χ4n) is 3.02. The number of nitrogens with one attached hydrogen (secondary N) is 2. The highest BCUT2D eigenvalue weighted by Gasteiger charge is 2.38. The summed E-state index contributed by atoms with van der Waals surface area (Å²) >= 11 is 0. The van der Waals surface area contributed by atoms with Gasteiger partial charge in [-0.15, -0.1) is 0 Å². The van der Waals surface area contributed by atoms with Crippen molar-refractivity contribution in [1.82, 2.24) is 10.6 Å². The first-order valence-electron chi connectivity index (χ1n) is 7.86. The maximum absolute atomic E-state index is 12.6. The van der Waals surface area contributed by atoms with Crippen molar-refractivity contribution < 1.29 is 9.90 Å². The minimum Gasteiger partial charge on any atom is -0.394 e. The predicted molar refractivity (Wildman–Crippen MR) is 84.0 cm³/mol. The number of aliphatic hydroxyl groups is 1.